The summed E-state index contributed by atoms with van der Waals surface area (Å²) in [6.07, 6.45) is 2.66. The summed E-state index contributed by atoms with van der Waals surface area (Å²) in [5.41, 5.74) is 1.11. The molecule has 0 amide bonds. The first kappa shape index (κ1) is 8.82. The average Bonchev–Trinajstić information content (AvgIpc) is 2.57. The van der Waals surface area contributed by atoms with Crippen molar-refractivity contribution in [1.82, 2.24) is 15.5 Å². The first-order chi connectivity index (χ1) is 5.93. The molecule has 1 heterocycles. The van der Waals surface area contributed by atoms with Crippen molar-refractivity contribution in [2.45, 2.75) is 19.9 Å². The van der Waals surface area contributed by atoms with Gasteiger partial charge in [-0.15, -0.1) is 11.8 Å². The van der Waals surface area contributed by atoms with Gasteiger partial charge in [-0.25, -0.2) is 0 Å². The van der Waals surface area contributed by atoms with Crippen molar-refractivity contribution in [1.29, 1.82) is 0 Å². The number of nitrogens with zero attached hydrogens (tertiary/aromatic N) is 1. The van der Waals surface area contributed by atoms with E-state index in [0.717, 1.165) is 25.2 Å². The fraction of sp³-hybridized carbons (Fsp3) is 0.444. The van der Waals surface area contributed by atoms with Crippen LogP contribution in [0.1, 0.15) is 19.0 Å². The Morgan fingerprint density at radius 2 is 2.58 bits per heavy atom. The third kappa shape index (κ3) is 3.22. The molecular weight excluding hydrogens is 150 g/mol. The van der Waals surface area contributed by atoms with Crippen LogP contribution in [-0.2, 0) is 6.54 Å². The van der Waals surface area contributed by atoms with Gasteiger partial charge in [-0.3, -0.25) is 5.10 Å². The van der Waals surface area contributed by atoms with Gasteiger partial charge in [0.2, 0.25) is 0 Å². The van der Waals surface area contributed by atoms with Gasteiger partial charge in [-0.05, 0) is 13.0 Å². The molecule has 2 N–H and O–H groups in total. The minimum atomic E-state index is 0.839. The van der Waals surface area contributed by atoms with Crippen molar-refractivity contribution < 1.29 is 0 Å². The molecule has 0 unspecified atom stereocenters. The lowest BCUT2D eigenvalue weighted by Crippen LogP contribution is -2.14. The highest BCUT2D eigenvalue weighted by molar-refractivity contribution is 4.98. The summed E-state index contributed by atoms with van der Waals surface area (Å²) in [5.74, 6) is 5.84. The largest absolute Gasteiger partial charge is 0.310 e. The SMILES string of the molecule is CC#CCCNCc1ccn[nH]1. The van der Waals surface area contributed by atoms with Crippen molar-refractivity contribution >= 4 is 0 Å². The predicted molar refractivity (Wildman–Crippen MR) is 48.4 cm³/mol. The van der Waals surface area contributed by atoms with Crippen LogP contribution >= 0.6 is 0 Å². The van der Waals surface area contributed by atoms with Gasteiger partial charge in [0.15, 0.2) is 0 Å². The van der Waals surface area contributed by atoms with E-state index >= 15 is 0 Å². The van der Waals surface area contributed by atoms with Crippen LogP contribution in [0, 0.1) is 11.8 Å². The highest BCUT2D eigenvalue weighted by Crippen LogP contribution is 1.89. The minimum absolute atomic E-state index is 0.839. The Balaban J connectivity index is 2.06. The van der Waals surface area contributed by atoms with Crippen LogP contribution in [0.2, 0.25) is 0 Å². The molecule has 1 rings (SSSR count). The molecule has 1 aromatic rings. The molecule has 12 heavy (non-hydrogen) atoms. The summed E-state index contributed by atoms with van der Waals surface area (Å²) in [6, 6.07) is 1.96. The zero-order valence-corrected chi connectivity index (χ0v) is 7.22. The lowest BCUT2D eigenvalue weighted by molar-refractivity contribution is 0.685. The molecule has 0 radical (unpaired) electrons. The maximum Gasteiger partial charge on any atom is 0.0490 e. The number of hydrogen-bond acceptors (Lipinski definition) is 2. The number of nitrogens with one attached hydrogen (secondary N) is 2. The second-order valence-corrected chi connectivity index (χ2v) is 2.44. The highest BCUT2D eigenvalue weighted by atomic mass is 15.1. The van der Waals surface area contributed by atoms with Crippen molar-refractivity contribution in [3.63, 3.8) is 0 Å². The maximum absolute atomic E-state index is 3.84. The molecule has 0 aromatic carbocycles. The summed E-state index contributed by atoms with van der Waals surface area (Å²) < 4.78 is 0. The number of aromatic nitrogens is 2. The summed E-state index contributed by atoms with van der Waals surface area (Å²) in [4.78, 5) is 0. The van der Waals surface area contributed by atoms with Crippen molar-refractivity contribution in [3.05, 3.63) is 18.0 Å². The Morgan fingerprint density at radius 3 is 3.25 bits per heavy atom. The molecule has 0 atom stereocenters. The number of rotatable bonds is 4. The van der Waals surface area contributed by atoms with Crippen LogP contribution in [0.3, 0.4) is 0 Å². The third-order valence-corrected chi connectivity index (χ3v) is 1.48. The number of aromatic amines is 1. The van der Waals surface area contributed by atoms with Gasteiger partial charge in [0.1, 0.15) is 0 Å². The summed E-state index contributed by atoms with van der Waals surface area (Å²) >= 11 is 0. The zero-order valence-electron chi connectivity index (χ0n) is 7.22. The molecule has 0 aliphatic rings. The van der Waals surface area contributed by atoms with Crippen LogP contribution < -0.4 is 5.32 Å². The van der Waals surface area contributed by atoms with Gasteiger partial charge in [-0.2, -0.15) is 5.10 Å². The molecule has 0 bridgehead atoms. The predicted octanol–water partition coefficient (Wildman–Crippen LogP) is 0.913. The zero-order chi connectivity index (χ0) is 8.65. The maximum atomic E-state index is 3.84. The molecular formula is C9H13N3. The van der Waals surface area contributed by atoms with Crippen LogP contribution in [0.5, 0.6) is 0 Å². The fourth-order valence-electron chi connectivity index (χ4n) is 0.882. The molecule has 3 nitrogen and oxygen atoms in total. The Hall–Kier alpha value is -1.27. The molecule has 0 saturated heterocycles. The van der Waals surface area contributed by atoms with Crippen molar-refractivity contribution in [2.24, 2.45) is 0 Å². The molecule has 1 aromatic heterocycles. The molecule has 64 valence electrons. The van der Waals surface area contributed by atoms with E-state index in [9.17, 15) is 0 Å². The molecule has 0 spiro atoms. The van der Waals surface area contributed by atoms with Gasteiger partial charge < -0.3 is 5.32 Å². The van der Waals surface area contributed by atoms with E-state index < -0.39 is 0 Å². The Morgan fingerprint density at radius 1 is 1.67 bits per heavy atom. The highest BCUT2D eigenvalue weighted by Gasteiger charge is 1.90. The summed E-state index contributed by atoms with van der Waals surface area (Å²) in [7, 11) is 0. The smallest absolute Gasteiger partial charge is 0.0490 e. The molecule has 0 aliphatic carbocycles. The molecule has 0 aliphatic heterocycles. The van der Waals surface area contributed by atoms with Gasteiger partial charge in [0.05, 0.1) is 0 Å². The number of hydrogen-bond donors (Lipinski definition) is 2. The normalized spacial score (nSPS) is 9.08. The number of H-pyrrole nitrogens is 1. The Labute approximate surface area is 72.6 Å². The molecule has 0 saturated carbocycles. The van der Waals surface area contributed by atoms with E-state index in [1.165, 1.54) is 0 Å². The van der Waals surface area contributed by atoms with Crippen LogP contribution in [0.15, 0.2) is 12.3 Å². The fourth-order valence-corrected chi connectivity index (χ4v) is 0.882. The standard InChI is InChI=1S/C9H13N3/c1-2-3-4-6-10-8-9-5-7-11-12-9/h5,7,10H,4,6,8H2,1H3,(H,11,12). The van der Waals surface area contributed by atoms with E-state index in [4.69, 9.17) is 0 Å². The van der Waals surface area contributed by atoms with Gasteiger partial charge >= 0.3 is 0 Å². The molecule has 3 heteroatoms. The van der Waals surface area contributed by atoms with E-state index in [0.29, 0.717) is 0 Å². The summed E-state index contributed by atoms with van der Waals surface area (Å²) in [6.45, 7) is 3.63. The quantitative estimate of drug-likeness (QED) is 0.511. The minimum Gasteiger partial charge on any atom is -0.310 e. The summed E-state index contributed by atoms with van der Waals surface area (Å²) in [5, 5.41) is 9.97. The van der Waals surface area contributed by atoms with Crippen LogP contribution in [0.4, 0.5) is 0 Å². The van der Waals surface area contributed by atoms with E-state index in [-0.39, 0.29) is 0 Å². The second kappa shape index (κ2) is 5.39. The van der Waals surface area contributed by atoms with Gasteiger partial charge in [0.25, 0.3) is 0 Å². The average molecular weight is 163 g/mol. The first-order valence-corrected chi connectivity index (χ1v) is 4.02. The lowest BCUT2D eigenvalue weighted by atomic mass is 10.4. The second-order valence-electron chi connectivity index (χ2n) is 2.44. The third-order valence-electron chi connectivity index (χ3n) is 1.48. The lowest BCUT2D eigenvalue weighted by Gasteiger charge is -1.97. The van der Waals surface area contributed by atoms with Crippen LogP contribution in [-0.4, -0.2) is 16.7 Å². The van der Waals surface area contributed by atoms with Gasteiger partial charge in [-0.1, -0.05) is 0 Å². The topological polar surface area (TPSA) is 40.7 Å². The Bertz CT molecular complexity index is 253. The van der Waals surface area contributed by atoms with E-state index in [1.54, 1.807) is 6.20 Å². The first-order valence-electron chi connectivity index (χ1n) is 4.02. The van der Waals surface area contributed by atoms with E-state index in [1.807, 2.05) is 13.0 Å². The van der Waals surface area contributed by atoms with E-state index in [2.05, 4.69) is 27.4 Å². The van der Waals surface area contributed by atoms with Gasteiger partial charge in [0, 0.05) is 31.4 Å². The van der Waals surface area contributed by atoms with Crippen LogP contribution in [0.25, 0.3) is 0 Å². The monoisotopic (exact) mass is 163 g/mol. The Kier molecular flexibility index (Phi) is 3.96. The van der Waals surface area contributed by atoms with Crippen molar-refractivity contribution in [3.8, 4) is 11.8 Å². The molecule has 0 fully saturated rings. The van der Waals surface area contributed by atoms with Crippen molar-refractivity contribution in [2.75, 3.05) is 6.54 Å².